The summed E-state index contributed by atoms with van der Waals surface area (Å²) in [6.45, 7) is 1.36. The van der Waals surface area contributed by atoms with Crippen LogP contribution in [0.25, 0.3) is 10.9 Å². The highest BCUT2D eigenvalue weighted by atomic mass is 79.9. The number of nitrogens with zero attached hydrogens (tertiary/aromatic N) is 4. The molecule has 0 spiro atoms. The van der Waals surface area contributed by atoms with Crippen LogP contribution in [0.5, 0.6) is 5.75 Å². The fraction of sp³-hybridized carbons (Fsp3) is 0.250. The van der Waals surface area contributed by atoms with Gasteiger partial charge in [0.2, 0.25) is 0 Å². The van der Waals surface area contributed by atoms with Crippen molar-refractivity contribution < 1.29 is 22.3 Å². The first kappa shape index (κ1) is 33.5. The molecule has 0 fully saturated rings. The Balaban J connectivity index is 1.12. The van der Waals surface area contributed by atoms with Crippen LogP contribution >= 0.6 is 15.9 Å². The first-order valence-corrected chi connectivity index (χ1v) is 18.0. The number of halogens is 2. The van der Waals surface area contributed by atoms with E-state index in [0.717, 1.165) is 51.5 Å². The molecule has 0 aliphatic carbocycles. The highest BCUT2D eigenvalue weighted by molar-refractivity contribution is 9.10. The van der Waals surface area contributed by atoms with Gasteiger partial charge in [-0.3, -0.25) is 0 Å². The smallest absolute Gasteiger partial charge is 0.196 e. The van der Waals surface area contributed by atoms with Gasteiger partial charge in [-0.15, -0.1) is 0 Å². The number of benzene rings is 3. The number of hydrogen-bond acceptors (Lipinski definition) is 9. The summed E-state index contributed by atoms with van der Waals surface area (Å²) in [6, 6.07) is 23.0. The quantitative estimate of drug-likeness (QED) is 0.124. The van der Waals surface area contributed by atoms with E-state index >= 15 is 0 Å². The Kier molecular flexibility index (Phi) is 10.3. The van der Waals surface area contributed by atoms with Gasteiger partial charge < -0.3 is 19.7 Å². The minimum Gasteiger partial charge on any atom is -0.490 e. The summed E-state index contributed by atoms with van der Waals surface area (Å²) in [5.41, 5.74) is 2.80. The lowest BCUT2D eigenvalue weighted by atomic mass is 9.86. The van der Waals surface area contributed by atoms with E-state index < -0.39 is 15.4 Å². The van der Waals surface area contributed by atoms with E-state index in [4.69, 9.17) is 9.47 Å². The molecule has 3 heterocycles. The van der Waals surface area contributed by atoms with Gasteiger partial charge in [0.15, 0.2) is 14.9 Å². The normalized spacial score (nSPS) is 15.9. The molecule has 0 amide bonds. The average molecular weight is 733 g/mol. The van der Waals surface area contributed by atoms with Gasteiger partial charge in [0.05, 0.1) is 22.0 Å². The minimum absolute atomic E-state index is 0.00536. The summed E-state index contributed by atoms with van der Waals surface area (Å²) < 4.78 is 51.8. The second-order valence-corrected chi connectivity index (χ2v) is 14.6. The van der Waals surface area contributed by atoms with Gasteiger partial charge in [-0.2, -0.15) is 0 Å². The molecule has 9 nitrogen and oxygen atoms in total. The zero-order chi connectivity index (χ0) is 33.6. The number of fused-ring (bicyclic) bond motifs is 1. The monoisotopic (exact) mass is 731 g/mol. The van der Waals surface area contributed by atoms with Crippen LogP contribution in [0, 0.1) is 5.82 Å². The Labute approximate surface area is 287 Å². The van der Waals surface area contributed by atoms with E-state index in [1.54, 1.807) is 24.5 Å². The molecule has 5 aromatic rings. The maximum absolute atomic E-state index is 13.6. The summed E-state index contributed by atoms with van der Waals surface area (Å²) in [4.78, 5) is 15.1. The Bertz CT molecular complexity index is 2020. The second kappa shape index (κ2) is 14.8. The van der Waals surface area contributed by atoms with Crippen LogP contribution in [-0.2, 0) is 26.8 Å². The second-order valence-electron chi connectivity index (χ2n) is 11.7. The summed E-state index contributed by atoms with van der Waals surface area (Å²) in [6.07, 6.45) is 9.07. The maximum atomic E-state index is 13.6. The Morgan fingerprint density at radius 1 is 1.02 bits per heavy atom. The zero-order valence-corrected chi connectivity index (χ0v) is 28.8. The van der Waals surface area contributed by atoms with Crippen molar-refractivity contribution in [1.29, 1.82) is 0 Å². The predicted octanol–water partition coefficient (Wildman–Crippen LogP) is 7.56. The largest absolute Gasteiger partial charge is 0.490 e. The summed E-state index contributed by atoms with van der Waals surface area (Å²) in [7, 11) is -1.51. The van der Waals surface area contributed by atoms with E-state index in [9.17, 15) is 12.8 Å². The van der Waals surface area contributed by atoms with E-state index in [1.807, 2.05) is 48.4 Å². The van der Waals surface area contributed by atoms with E-state index in [0.29, 0.717) is 24.7 Å². The molecule has 0 saturated heterocycles. The van der Waals surface area contributed by atoms with E-state index in [-0.39, 0.29) is 23.2 Å². The Morgan fingerprint density at radius 3 is 2.69 bits per heavy atom. The number of ether oxygens (including phenoxy) is 2. The van der Waals surface area contributed by atoms with Crippen LogP contribution in [0.1, 0.15) is 30.4 Å². The summed E-state index contributed by atoms with van der Waals surface area (Å²) in [5, 5.41) is 4.38. The average Bonchev–Trinajstić information content (AvgIpc) is 3.57. The number of nitrogens with one attached hydrogen (secondary N) is 1. The van der Waals surface area contributed by atoms with Gasteiger partial charge in [-0.1, -0.05) is 24.3 Å². The van der Waals surface area contributed by atoms with Crippen molar-refractivity contribution in [2.24, 2.45) is 0 Å². The first-order chi connectivity index (χ1) is 23.2. The van der Waals surface area contributed by atoms with Gasteiger partial charge in [0, 0.05) is 30.2 Å². The molecule has 6 rings (SSSR count). The number of pyridine rings is 1. The molecular formula is C36H35BrFN5O4S. The third-order valence-corrected chi connectivity index (χ3v) is 10.5. The topological polar surface area (TPSA) is 107 Å². The van der Waals surface area contributed by atoms with Crippen molar-refractivity contribution >= 4 is 48.2 Å². The lowest BCUT2D eigenvalue weighted by Crippen LogP contribution is -2.30. The summed E-state index contributed by atoms with van der Waals surface area (Å²) in [5.74, 6) is 0.989. The number of rotatable bonds is 14. The molecule has 3 aromatic carbocycles. The van der Waals surface area contributed by atoms with Crippen LogP contribution in [-0.4, -0.2) is 54.2 Å². The fourth-order valence-corrected chi connectivity index (χ4v) is 7.44. The highest BCUT2D eigenvalue weighted by Gasteiger charge is 2.35. The standard InChI is InChI=1S/C36H35BrFN5O4S/c1-43(18-20-48(44,45)34-9-2-3-16-39-34)17-5-14-36(15-6-19-47-36)27-10-12-32-30(22-27)35(41-25-40-32)42-29-11-13-33(31(37)23-29)46-24-26-7-4-8-28(38)21-26/h2-4,6-13,16,19,21-23,25H,5,14-15,17-18,20,24H2,1H3,(H,40,41,42). The van der Waals surface area contributed by atoms with Gasteiger partial charge in [0.25, 0.3) is 0 Å². The SMILES string of the molecule is CN(CCCC1(c2ccc3ncnc(Nc4ccc(OCc5cccc(F)c5)c(Br)c4)c3c2)CC=CO1)CCS(=O)(=O)c1ccccn1. The van der Waals surface area contributed by atoms with Gasteiger partial charge in [-0.05, 0) is 114 Å². The molecule has 48 heavy (non-hydrogen) atoms. The molecule has 1 unspecified atom stereocenters. The van der Waals surface area contributed by atoms with Crippen LogP contribution < -0.4 is 10.1 Å². The first-order valence-electron chi connectivity index (χ1n) is 15.6. The van der Waals surface area contributed by atoms with Crippen molar-refractivity contribution in [1.82, 2.24) is 19.9 Å². The van der Waals surface area contributed by atoms with Crippen LogP contribution in [0.15, 0.2) is 113 Å². The maximum Gasteiger partial charge on any atom is 0.196 e. The predicted molar refractivity (Wildman–Crippen MR) is 187 cm³/mol. The summed E-state index contributed by atoms with van der Waals surface area (Å²) >= 11 is 3.59. The molecule has 0 radical (unpaired) electrons. The molecule has 1 atom stereocenters. The molecule has 1 aliphatic heterocycles. The Hall–Kier alpha value is -4.39. The fourth-order valence-electron chi connectivity index (χ4n) is 5.67. The molecule has 248 valence electrons. The minimum atomic E-state index is -3.44. The van der Waals surface area contributed by atoms with Crippen molar-refractivity contribution in [3.63, 3.8) is 0 Å². The molecule has 0 saturated carbocycles. The highest BCUT2D eigenvalue weighted by Crippen LogP contribution is 2.41. The van der Waals surface area contributed by atoms with Gasteiger partial charge in [0.1, 0.15) is 35.9 Å². The van der Waals surface area contributed by atoms with Gasteiger partial charge in [-0.25, -0.2) is 27.8 Å². The van der Waals surface area contributed by atoms with Crippen molar-refractivity contribution in [2.45, 2.75) is 36.5 Å². The lowest BCUT2D eigenvalue weighted by Gasteiger charge is -2.30. The third kappa shape index (κ3) is 8.00. The van der Waals surface area contributed by atoms with Crippen LogP contribution in [0.4, 0.5) is 15.9 Å². The number of hydrogen-bond donors (Lipinski definition) is 1. The molecule has 12 heteroatoms. The van der Waals surface area contributed by atoms with E-state index in [1.165, 1.54) is 30.7 Å². The van der Waals surface area contributed by atoms with Crippen LogP contribution in [0.3, 0.4) is 0 Å². The van der Waals surface area contributed by atoms with Crippen LogP contribution in [0.2, 0.25) is 0 Å². The molecule has 0 bridgehead atoms. The molecule has 2 aromatic heterocycles. The Morgan fingerprint density at radius 2 is 1.92 bits per heavy atom. The van der Waals surface area contributed by atoms with Crippen molar-refractivity contribution in [2.75, 3.05) is 31.2 Å². The lowest BCUT2D eigenvalue weighted by molar-refractivity contribution is 0.0285. The third-order valence-electron chi connectivity index (χ3n) is 8.30. The number of sulfone groups is 1. The van der Waals surface area contributed by atoms with E-state index in [2.05, 4.69) is 48.3 Å². The van der Waals surface area contributed by atoms with Gasteiger partial charge >= 0.3 is 0 Å². The van der Waals surface area contributed by atoms with Crippen molar-refractivity contribution in [3.8, 4) is 5.75 Å². The molecular weight excluding hydrogens is 697 g/mol. The zero-order valence-electron chi connectivity index (χ0n) is 26.4. The number of aromatic nitrogens is 3. The molecule has 1 N–H and O–H groups in total. The molecule has 1 aliphatic rings. The number of anilines is 2. The van der Waals surface area contributed by atoms with Crippen molar-refractivity contribution in [3.05, 3.63) is 125 Å².